The Morgan fingerprint density at radius 1 is 1.37 bits per heavy atom. The molecule has 0 radical (unpaired) electrons. The molecule has 0 bridgehead atoms. The van der Waals surface area contributed by atoms with E-state index in [9.17, 15) is 9.90 Å². The monoisotopic (exact) mass is 267 g/mol. The highest BCUT2D eigenvalue weighted by molar-refractivity contribution is 5.79. The van der Waals surface area contributed by atoms with Gasteiger partial charge >= 0.3 is 0 Å². The Balaban J connectivity index is 2.35. The van der Waals surface area contributed by atoms with Gasteiger partial charge in [0, 0.05) is 19.2 Å². The molecule has 0 aliphatic heterocycles. The molecule has 0 fully saturated rings. The molecule has 5 heteroatoms. The van der Waals surface area contributed by atoms with E-state index in [1.54, 1.807) is 7.11 Å². The van der Waals surface area contributed by atoms with E-state index in [1.165, 1.54) is 7.11 Å². The van der Waals surface area contributed by atoms with Crippen molar-refractivity contribution in [3.8, 4) is 5.75 Å². The lowest BCUT2D eigenvalue weighted by Crippen LogP contribution is -2.29. The van der Waals surface area contributed by atoms with Crippen LogP contribution in [0.4, 0.5) is 0 Å². The van der Waals surface area contributed by atoms with Gasteiger partial charge in [-0.05, 0) is 12.5 Å². The Morgan fingerprint density at radius 3 is 2.79 bits per heavy atom. The number of amides is 1. The highest BCUT2D eigenvalue weighted by atomic mass is 16.5. The summed E-state index contributed by atoms with van der Waals surface area (Å²) < 4.78 is 9.99. The van der Waals surface area contributed by atoms with Crippen LogP contribution in [0.2, 0.25) is 0 Å². The van der Waals surface area contributed by atoms with E-state index in [4.69, 9.17) is 9.47 Å². The van der Waals surface area contributed by atoms with Gasteiger partial charge in [0.25, 0.3) is 0 Å². The van der Waals surface area contributed by atoms with Crippen molar-refractivity contribution in [2.45, 2.75) is 18.9 Å². The molecule has 0 spiro atoms. The molecule has 0 heterocycles. The molecule has 0 saturated carbocycles. The first-order chi connectivity index (χ1) is 9.17. The van der Waals surface area contributed by atoms with Crippen LogP contribution >= 0.6 is 0 Å². The van der Waals surface area contributed by atoms with Gasteiger partial charge < -0.3 is 19.9 Å². The highest BCUT2D eigenvalue weighted by Gasteiger charge is 2.09. The summed E-state index contributed by atoms with van der Waals surface area (Å²) in [5, 5.41) is 12.2. The summed E-state index contributed by atoms with van der Waals surface area (Å²) in [7, 11) is 3.11. The zero-order valence-corrected chi connectivity index (χ0v) is 11.4. The summed E-state index contributed by atoms with van der Waals surface area (Å²) in [5.41, 5.74) is 0.847. The van der Waals surface area contributed by atoms with E-state index in [0.717, 1.165) is 5.56 Å². The summed E-state index contributed by atoms with van der Waals surface area (Å²) >= 11 is 0. The van der Waals surface area contributed by atoms with Crippen molar-refractivity contribution in [2.75, 3.05) is 27.4 Å². The minimum atomic E-state index is -0.545. The van der Waals surface area contributed by atoms with Crippen LogP contribution in [0.5, 0.6) is 5.75 Å². The van der Waals surface area contributed by atoms with Crippen LogP contribution in [0.25, 0.3) is 0 Å². The maximum atomic E-state index is 11.7. The zero-order chi connectivity index (χ0) is 14.1. The lowest BCUT2D eigenvalue weighted by Gasteiger charge is -2.11. The first-order valence-electron chi connectivity index (χ1n) is 6.23. The highest BCUT2D eigenvalue weighted by Crippen LogP contribution is 2.17. The standard InChI is InChI=1S/C14H21NO4/c1-18-10-12(16)7-8-15-14(17)9-11-5-3-4-6-13(11)19-2/h3-6,12,16H,7-10H2,1-2H3,(H,15,17). The molecule has 1 amide bonds. The van der Waals surface area contributed by atoms with Crippen LogP contribution in [0, 0.1) is 0 Å². The van der Waals surface area contributed by atoms with Crippen molar-refractivity contribution >= 4 is 5.91 Å². The molecule has 1 unspecified atom stereocenters. The Morgan fingerprint density at radius 2 is 2.11 bits per heavy atom. The van der Waals surface area contributed by atoms with E-state index >= 15 is 0 Å². The number of para-hydroxylation sites is 1. The van der Waals surface area contributed by atoms with Gasteiger partial charge in [-0.25, -0.2) is 0 Å². The molecule has 19 heavy (non-hydrogen) atoms. The normalized spacial score (nSPS) is 11.9. The van der Waals surface area contributed by atoms with Gasteiger partial charge in [0.05, 0.1) is 26.2 Å². The maximum absolute atomic E-state index is 11.7. The first-order valence-corrected chi connectivity index (χ1v) is 6.23. The van der Waals surface area contributed by atoms with Crippen LogP contribution in [-0.4, -0.2) is 44.5 Å². The molecule has 0 saturated heterocycles. The first kappa shape index (κ1) is 15.5. The predicted octanol–water partition coefficient (Wildman–Crippen LogP) is 0.751. The van der Waals surface area contributed by atoms with Crippen LogP contribution in [0.1, 0.15) is 12.0 Å². The molecule has 1 atom stereocenters. The minimum absolute atomic E-state index is 0.0888. The van der Waals surface area contributed by atoms with E-state index in [-0.39, 0.29) is 18.9 Å². The Hall–Kier alpha value is -1.59. The van der Waals surface area contributed by atoms with Gasteiger partial charge in [-0.1, -0.05) is 18.2 Å². The van der Waals surface area contributed by atoms with Crippen LogP contribution in [0.3, 0.4) is 0 Å². The van der Waals surface area contributed by atoms with E-state index in [2.05, 4.69) is 5.32 Å². The minimum Gasteiger partial charge on any atom is -0.496 e. The largest absolute Gasteiger partial charge is 0.496 e. The molecular weight excluding hydrogens is 246 g/mol. The second-order valence-corrected chi connectivity index (χ2v) is 4.24. The molecule has 5 nitrogen and oxygen atoms in total. The van der Waals surface area contributed by atoms with Gasteiger partial charge in [-0.2, -0.15) is 0 Å². The average molecular weight is 267 g/mol. The quantitative estimate of drug-likeness (QED) is 0.729. The zero-order valence-electron chi connectivity index (χ0n) is 11.4. The van der Waals surface area contributed by atoms with Gasteiger partial charge in [0.15, 0.2) is 0 Å². The average Bonchev–Trinajstić information content (AvgIpc) is 2.39. The van der Waals surface area contributed by atoms with Crippen molar-refractivity contribution < 1.29 is 19.4 Å². The van der Waals surface area contributed by atoms with E-state index in [0.29, 0.717) is 18.7 Å². The summed E-state index contributed by atoms with van der Waals surface area (Å²) in [6, 6.07) is 7.41. The molecule has 0 aromatic heterocycles. The second-order valence-electron chi connectivity index (χ2n) is 4.24. The van der Waals surface area contributed by atoms with Gasteiger partial charge in [-0.3, -0.25) is 4.79 Å². The number of hydrogen-bond acceptors (Lipinski definition) is 4. The fourth-order valence-corrected chi connectivity index (χ4v) is 1.74. The Bertz CT molecular complexity index is 395. The van der Waals surface area contributed by atoms with Crippen molar-refractivity contribution in [3.63, 3.8) is 0 Å². The summed E-state index contributed by atoms with van der Waals surface area (Å²) in [6.45, 7) is 0.709. The Labute approximate surface area is 113 Å². The van der Waals surface area contributed by atoms with Crippen LogP contribution < -0.4 is 10.1 Å². The topological polar surface area (TPSA) is 67.8 Å². The third kappa shape index (κ3) is 5.72. The SMILES string of the molecule is COCC(O)CCNC(=O)Cc1ccccc1OC. The number of carbonyl (C=O) groups excluding carboxylic acids is 1. The molecular formula is C14H21NO4. The molecule has 1 aromatic rings. The molecule has 1 aromatic carbocycles. The second kappa shape index (κ2) is 8.50. The number of methoxy groups -OCH3 is 2. The number of carbonyl (C=O) groups is 1. The van der Waals surface area contributed by atoms with Crippen molar-refractivity contribution in [2.24, 2.45) is 0 Å². The molecule has 0 aliphatic carbocycles. The number of benzene rings is 1. The van der Waals surface area contributed by atoms with Crippen molar-refractivity contribution in [3.05, 3.63) is 29.8 Å². The third-order valence-electron chi connectivity index (χ3n) is 2.70. The molecule has 1 rings (SSSR count). The van der Waals surface area contributed by atoms with Crippen LogP contribution in [-0.2, 0) is 16.0 Å². The van der Waals surface area contributed by atoms with Crippen LogP contribution in [0.15, 0.2) is 24.3 Å². The number of rotatable bonds is 8. The fraction of sp³-hybridized carbons (Fsp3) is 0.500. The fourth-order valence-electron chi connectivity index (χ4n) is 1.74. The lowest BCUT2D eigenvalue weighted by atomic mass is 10.1. The summed E-state index contributed by atoms with van der Waals surface area (Å²) in [6.07, 6.45) is 0.201. The van der Waals surface area contributed by atoms with Gasteiger partial charge in [0.2, 0.25) is 5.91 Å². The van der Waals surface area contributed by atoms with Gasteiger partial charge in [-0.15, -0.1) is 0 Å². The smallest absolute Gasteiger partial charge is 0.224 e. The third-order valence-corrected chi connectivity index (χ3v) is 2.70. The molecule has 2 N–H and O–H groups in total. The summed E-state index contributed by atoms with van der Waals surface area (Å²) in [4.78, 5) is 11.7. The van der Waals surface area contributed by atoms with E-state index in [1.807, 2.05) is 24.3 Å². The number of ether oxygens (including phenoxy) is 2. The van der Waals surface area contributed by atoms with Crippen molar-refractivity contribution in [1.82, 2.24) is 5.32 Å². The van der Waals surface area contributed by atoms with Gasteiger partial charge in [0.1, 0.15) is 5.75 Å². The summed E-state index contributed by atoms with van der Waals surface area (Å²) in [5.74, 6) is 0.617. The van der Waals surface area contributed by atoms with Crippen molar-refractivity contribution in [1.29, 1.82) is 0 Å². The molecule has 106 valence electrons. The number of aliphatic hydroxyl groups excluding tert-OH is 1. The number of aliphatic hydroxyl groups is 1. The molecule has 0 aliphatic rings. The van der Waals surface area contributed by atoms with E-state index < -0.39 is 6.10 Å². The number of nitrogens with one attached hydrogen (secondary N) is 1. The predicted molar refractivity (Wildman–Crippen MR) is 72.2 cm³/mol. The number of hydrogen-bond donors (Lipinski definition) is 2. The Kier molecular flexibility index (Phi) is 6.92. The lowest BCUT2D eigenvalue weighted by molar-refractivity contribution is -0.120. The maximum Gasteiger partial charge on any atom is 0.224 e.